The lowest BCUT2D eigenvalue weighted by Crippen LogP contribution is -2.39. The zero-order valence-electron chi connectivity index (χ0n) is 11.1. The molecular formula is C16H16N2OS. The summed E-state index contributed by atoms with van der Waals surface area (Å²) < 4.78 is 0. The first kappa shape index (κ1) is 14.2. The molecule has 1 amide bonds. The van der Waals surface area contributed by atoms with Crippen molar-refractivity contribution in [3.63, 3.8) is 0 Å². The van der Waals surface area contributed by atoms with Crippen molar-refractivity contribution in [1.82, 2.24) is 10.6 Å². The molecule has 0 spiro atoms. The third-order valence-corrected chi connectivity index (χ3v) is 3.14. The van der Waals surface area contributed by atoms with E-state index >= 15 is 0 Å². The summed E-state index contributed by atoms with van der Waals surface area (Å²) in [6.07, 6.45) is 2.59. The van der Waals surface area contributed by atoms with Crippen LogP contribution in [0, 0.1) is 0 Å². The normalized spacial score (nSPS) is 10.0. The molecule has 0 bridgehead atoms. The second-order valence-corrected chi connectivity index (χ2v) is 4.72. The lowest BCUT2D eigenvalue weighted by molar-refractivity contribution is 0.0978. The molecule has 0 aromatic heterocycles. The van der Waals surface area contributed by atoms with Crippen molar-refractivity contribution in [3.05, 3.63) is 60.7 Å². The van der Waals surface area contributed by atoms with E-state index in [1.54, 1.807) is 12.1 Å². The Balaban J connectivity index is 2.11. The highest BCUT2D eigenvalue weighted by Crippen LogP contribution is 2.18. The van der Waals surface area contributed by atoms with E-state index in [2.05, 4.69) is 17.2 Å². The fourth-order valence-electron chi connectivity index (χ4n) is 1.93. The number of nitrogens with one attached hydrogen (secondary N) is 2. The molecule has 0 heterocycles. The van der Waals surface area contributed by atoms with Crippen LogP contribution in [0.2, 0.25) is 0 Å². The van der Waals surface area contributed by atoms with Crippen molar-refractivity contribution in [2.24, 2.45) is 0 Å². The smallest absolute Gasteiger partial charge is 0.258 e. The van der Waals surface area contributed by atoms with Gasteiger partial charge >= 0.3 is 0 Å². The second-order valence-electron chi connectivity index (χ2n) is 4.31. The molecule has 0 aliphatic heterocycles. The molecule has 0 saturated heterocycles. The van der Waals surface area contributed by atoms with Gasteiger partial charge in [-0.2, -0.15) is 0 Å². The molecule has 0 unspecified atom stereocenters. The highest BCUT2D eigenvalue weighted by atomic mass is 32.1. The Morgan fingerprint density at radius 1 is 1.20 bits per heavy atom. The third-order valence-electron chi connectivity index (χ3n) is 2.90. The molecule has 3 nitrogen and oxygen atoms in total. The van der Waals surface area contributed by atoms with E-state index in [-0.39, 0.29) is 5.91 Å². The number of carbonyl (C=O) groups excluding carboxylic acids is 1. The van der Waals surface area contributed by atoms with Gasteiger partial charge in [0.25, 0.3) is 5.91 Å². The van der Waals surface area contributed by atoms with Crippen LogP contribution in [0.3, 0.4) is 0 Å². The van der Waals surface area contributed by atoms with Gasteiger partial charge in [0.05, 0.1) is 0 Å². The fourth-order valence-corrected chi connectivity index (χ4v) is 2.12. The SMILES string of the molecule is C=CCCNC(=S)NC(=O)c1cccc2ccccc12. The van der Waals surface area contributed by atoms with Gasteiger partial charge < -0.3 is 5.32 Å². The molecule has 0 atom stereocenters. The molecule has 0 saturated carbocycles. The number of hydrogen-bond acceptors (Lipinski definition) is 2. The van der Waals surface area contributed by atoms with Gasteiger partial charge in [0, 0.05) is 12.1 Å². The molecule has 0 radical (unpaired) electrons. The van der Waals surface area contributed by atoms with Gasteiger partial charge in [0.15, 0.2) is 5.11 Å². The average Bonchev–Trinajstić information content (AvgIpc) is 2.47. The quantitative estimate of drug-likeness (QED) is 0.515. The van der Waals surface area contributed by atoms with Crippen molar-refractivity contribution in [1.29, 1.82) is 0 Å². The highest BCUT2D eigenvalue weighted by Gasteiger charge is 2.10. The predicted molar refractivity (Wildman–Crippen MR) is 86.8 cm³/mol. The molecule has 20 heavy (non-hydrogen) atoms. The second kappa shape index (κ2) is 6.82. The Labute approximate surface area is 123 Å². The summed E-state index contributed by atoms with van der Waals surface area (Å²) in [5.74, 6) is -0.196. The first-order valence-corrected chi connectivity index (χ1v) is 6.81. The van der Waals surface area contributed by atoms with Crippen LogP contribution in [0.25, 0.3) is 10.8 Å². The standard InChI is InChI=1S/C16H16N2OS/c1-2-3-11-17-16(20)18-15(19)14-10-6-8-12-7-4-5-9-13(12)14/h2,4-10H,1,3,11H2,(H2,17,18,19,20). The van der Waals surface area contributed by atoms with Crippen LogP contribution in [-0.2, 0) is 0 Å². The fraction of sp³-hybridized carbons (Fsp3) is 0.125. The van der Waals surface area contributed by atoms with Crippen LogP contribution in [0.5, 0.6) is 0 Å². The molecular weight excluding hydrogens is 268 g/mol. The van der Waals surface area contributed by atoms with Crippen molar-refractivity contribution in [2.75, 3.05) is 6.54 Å². The van der Waals surface area contributed by atoms with Gasteiger partial charge in [-0.05, 0) is 35.5 Å². The Kier molecular flexibility index (Phi) is 4.85. The first-order chi connectivity index (χ1) is 9.72. The van der Waals surface area contributed by atoms with Crippen molar-refractivity contribution < 1.29 is 4.79 Å². The maximum absolute atomic E-state index is 12.2. The summed E-state index contributed by atoms with van der Waals surface area (Å²) in [5, 5.41) is 7.94. The Morgan fingerprint density at radius 2 is 1.95 bits per heavy atom. The minimum absolute atomic E-state index is 0.196. The average molecular weight is 284 g/mol. The topological polar surface area (TPSA) is 41.1 Å². The molecule has 2 aromatic carbocycles. The maximum Gasteiger partial charge on any atom is 0.258 e. The summed E-state index contributed by atoms with van der Waals surface area (Å²) >= 11 is 5.09. The molecule has 2 N–H and O–H groups in total. The third kappa shape index (κ3) is 3.42. The van der Waals surface area contributed by atoms with E-state index in [4.69, 9.17) is 12.2 Å². The van der Waals surface area contributed by atoms with Crippen LogP contribution in [0.4, 0.5) is 0 Å². The van der Waals surface area contributed by atoms with Crippen LogP contribution >= 0.6 is 12.2 Å². The van der Waals surface area contributed by atoms with Crippen LogP contribution in [0.1, 0.15) is 16.8 Å². The van der Waals surface area contributed by atoms with Gasteiger partial charge in [-0.3, -0.25) is 10.1 Å². The number of hydrogen-bond donors (Lipinski definition) is 2. The number of carbonyl (C=O) groups is 1. The Morgan fingerprint density at radius 3 is 2.75 bits per heavy atom. The summed E-state index contributed by atoms with van der Waals surface area (Å²) in [7, 11) is 0. The summed E-state index contributed by atoms with van der Waals surface area (Å²) in [4.78, 5) is 12.2. The van der Waals surface area contributed by atoms with Gasteiger partial charge in [-0.1, -0.05) is 42.5 Å². The molecule has 2 rings (SSSR count). The van der Waals surface area contributed by atoms with E-state index in [1.165, 1.54) is 0 Å². The highest BCUT2D eigenvalue weighted by molar-refractivity contribution is 7.80. The van der Waals surface area contributed by atoms with Crippen LogP contribution < -0.4 is 10.6 Å². The summed E-state index contributed by atoms with van der Waals surface area (Å²) in [5.41, 5.74) is 0.621. The van der Waals surface area contributed by atoms with Crippen molar-refractivity contribution in [3.8, 4) is 0 Å². The lowest BCUT2D eigenvalue weighted by atomic mass is 10.0. The minimum Gasteiger partial charge on any atom is -0.362 e. The van der Waals surface area contributed by atoms with Crippen LogP contribution in [-0.4, -0.2) is 17.6 Å². The number of benzene rings is 2. The molecule has 0 aliphatic carbocycles. The summed E-state index contributed by atoms with van der Waals surface area (Å²) in [6, 6.07) is 13.4. The lowest BCUT2D eigenvalue weighted by Gasteiger charge is -2.10. The predicted octanol–water partition coefficient (Wildman–Crippen LogP) is 3.02. The molecule has 0 aliphatic rings. The Bertz CT molecular complexity index is 646. The number of amides is 1. The van der Waals surface area contributed by atoms with Crippen LogP contribution in [0.15, 0.2) is 55.1 Å². The Hall–Kier alpha value is -2.20. The number of rotatable bonds is 4. The van der Waals surface area contributed by atoms with E-state index in [1.807, 2.05) is 36.4 Å². The zero-order valence-corrected chi connectivity index (χ0v) is 11.9. The zero-order chi connectivity index (χ0) is 14.4. The maximum atomic E-state index is 12.2. The van der Waals surface area contributed by atoms with Crippen molar-refractivity contribution >= 4 is 34.0 Å². The van der Waals surface area contributed by atoms with E-state index < -0.39 is 0 Å². The van der Waals surface area contributed by atoms with Gasteiger partial charge in [0.2, 0.25) is 0 Å². The molecule has 4 heteroatoms. The number of fused-ring (bicyclic) bond motifs is 1. The summed E-state index contributed by atoms with van der Waals surface area (Å²) in [6.45, 7) is 4.29. The van der Waals surface area contributed by atoms with E-state index in [0.717, 1.165) is 17.2 Å². The molecule has 102 valence electrons. The largest absolute Gasteiger partial charge is 0.362 e. The van der Waals surface area contributed by atoms with E-state index in [9.17, 15) is 4.79 Å². The first-order valence-electron chi connectivity index (χ1n) is 6.40. The van der Waals surface area contributed by atoms with E-state index in [0.29, 0.717) is 17.2 Å². The monoisotopic (exact) mass is 284 g/mol. The van der Waals surface area contributed by atoms with Gasteiger partial charge in [-0.25, -0.2) is 0 Å². The molecule has 0 fully saturated rings. The van der Waals surface area contributed by atoms with Gasteiger partial charge in [-0.15, -0.1) is 6.58 Å². The van der Waals surface area contributed by atoms with Crippen molar-refractivity contribution in [2.45, 2.75) is 6.42 Å². The van der Waals surface area contributed by atoms with Gasteiger partial charge in [0.1, 0.15) is 0 Å². The molecule has 2 aromatic rings. The minimum atomic E-state index is -0.196. The number of thiocarbonyl (C=S) groups is 1.